The van der Waals surface area contributed by atoms with Crippen molar-refractivity contribution in [1.82, 2.24) is 9.97 Å². The molecule has 0 unspecified atom stereocenters. The molecule has 3 rings (SSSR count). The lowest BCUT2D eigenvalue weighted by Gasteiger charge is -1.97. The van der Waals surface area contributed by atoms with Gasteiger partial charge < -0.3 is 4.98 Å². The molecule has 2 heterocycles. The van der Waals surface area contributed by atoms with Crippen LogP contribution in [0.1, 0.15) is 5.56 Å². The van der Waals surface area contributed by atoms with Crippen molar-refractivity contribution in [1.29, 1.82) is 0 Å². The number of thiophene rings is 1. The van der Waals surface area contributed by atoms with Crippen LogP contribution in [0.25, 0.3) is 22.6 Å². The Morgan fingerprint density at radius 2 is 1.88 bits per heavy atom. The highest BCUT2D eigenvalue weighted by molar-refractivity contribution is 7.08. The van der Waals surface area contributed by atoms with Crippen LogP contribution in [-0.4, -0.2) is 9.97 Å². The van der Waals surface area contributed by atoms with Crippen LogP contribution in [0.5, 0.6) is 0 Å². The molecule has 3 aromatic rings. The molecular formula is C14H12N2S. The molecule has 0 aliphatic carbocycles. The number of aromatic nitrogens is 2. The van der Waals surface area contributed by atoms with E-state index in [1.165, 1.54) is 11.1 Å². The molecule has 0 saturated carbocycles. The van der Waals surface area contributed by atoms with E-state index < -0.39 is 0 Å². The standard InChI is InChI=1S/C14H12N2S/c1-10-2-4-11(5-3-10)13-8-15-14(16-13)12-6-7-17-9-12/h2-9H,1H3,(H,15,16). The summed E-state index contributed by atoms with van der Waals surface area (Å²) in [5, 5.41) is 4.15. The molecule has 0 atom stereocenters. The number of nitrogens with one attached hydrogen (secondary N) is 1. The molecule has 0 radical (unpaired) electrons. The summed E-state index contributed by atoms with van der Waals surface area (Å²) < 4.78 is 0. The monoisotopic (exact) mass is 240 g/mol. The number of aryl methyl sites for hydroxylation is 1. The van der Waals surface area contributed by atoms with Crippen molar-refractivity contribution in [2.75, 3.05) is 0 Å². The Hall–Kier alpha value is -1.87. The second kappa shape index (κ2) is 4.18. The smallest absolute Gasteiger partial charge is 0.138 e. The maximum atomic E-state index is 4.41. The normalized spacial score (nSPS) is 10.6. The van der Waals surface area contributed by atoms with Crippen LogP contribution < -0.4 is 0 Å². The molecule has 0 aliphatic heterocycles. The van der Waals surface area contributed by atoms with Gasteiger partial charge in [0.1, 0.15) is 5.82 Å². The van der Waals surface area contributed by atoms with E-state index in [-0.39, 0.29) is 0 Å². The fraction of sp³-hybridized carbons (Fsp3) is 0.0714. The predicted octanol–water partition coefficient (Wildman–Crippen LogP) is 4.11. The van der Waals surface area contributed by atoms with Crippen molar-refractivity contribution in [2.24, 2.45) is 0 Å². The lowest BCUT2D eigenvalue weighted by atomic mass is 10.1. The average molecular weight is 240 g/mol. The van der Waals surface area contributed by atoms with Crippen LogP contribution in [0.2, 0.25) is 0 Å². The van der Waals surface area contributed by atoms with E-state index in [0.29, 0.717) is 0 Å². The van der Waals surface area contributed by atoms with Gasteiger partial charge in [-0.2, -0.15) is 11.3 Å². The lowest BCUT2D eigenvalue weighted by molar-refractivity contribution is 1.32. The fourth-order valence-corrected chi connectivity index (χ4v) is 2.39. The summed E-state index contributed by atoms with van der Waals surface area (Å²) in [7, 11) is 0. The molecule has 0 fully saturated rings. The zero-order valence-electron chi connectivity index (χ0n) is 9.47. The van der Waals surface area contributed by atoms with Gasteiger partial charge in [0.2, 0.25) is 0 Å². The molecule has 84 valence electrons. The van der Waals surface area contributed by atoms with E-state index in [0.717, 1.165) is 17.1 Å². The van der Waals surface area contributed by atoms with Crippen LogP contribution in [0.3, 0.4) is 0 Å². The molecule has 1 aromatic carbocycles. The van der Waals surface area contributed by atoms with Gasteiger partial charge in [-0.25, -0.2) is 4.98 Å². The minimum absolute atomic E-state index is 0.932. The molecule has 0 saturated heterocycles. The highest BCUT2D eigenvalue weighted by Gasteiger charge is 2.05. The highest BCUT2D eigenvalue weighted by Crippen LogP contribution is 2.23. The third kappa shape index (κ3) is 2.01. The van der Waals surface area contributed by atoms with Gasteiger partial charge in [-0.05, 0) is 23.9 Å². The quantitative estimate of drug-likeness (QED) is 0.717. The van der Waals surface area contributed by atoms with E-state index in [4.69, 9.17) is 0 Å². The molecule has 3 heteroatoms. The Morgan fingerprint density at radius 1 is 1.06 bits per heavy atom. The van der Waals surface area contributed by atoms with Gasteiger partial charge >= 0.3 is 0 Å². The summed E-state index contributed by atoms with van der Waals surface area (Å²) in [6, 6.07) is 10.5. The molecule has 2 nitrogen and oxygen atoms in total. The van der Waals surface area contributed by atoms with E-state index in [9.17, 15) is 0 Å². The molecule has 2 aromatic heterocycles. The molecular weight excluding hydrogens is 228 g/mol. The maximum Gasteiger partial charge on any atom is 0.138 e. The number of benzene rings is 1. The molecule has 0 bridgehead atoms. The number of hydrogen-bond acceptors (Lipinski definition) is 2. The van der Waals surface area contributed by atoms with Crippen LogP contribution in [0.15, 0.2) is 47.3 Å². The second-order valence-corrected chi connectivity index (χ2v) is 4.80. The minimum Gasteiger partial charge on any atom is -0.338 e. The van der Waals surface area contributed by atoms with Crippen molar-refractivity contribution in [3.8, 4) is 22.6 Å². The van der Waals surface area contributed by atoms with Crippen molar-refractivity contribution in [3.05, 3.63) is 52.9 Å². The first kappa shape index (κ1) is 10.3. The number of rotatable bonds is 2. The lowest BCUT2D eigenvalue weighted by Crippen LogP contribution is -1.79. The minimum atomic E-state index is 0.932. The van der Waals surface area contributed by atoms with Gasteiger partial charge in [0.25, 0.3) is 0 Å². The highest BCUT2D eigenvalue weighted by atomic mass is 32.1. The molecule has 1 N–H and O–H groups in total. The Balaban J connectivity index is 1.98. The van der Waals surface area contributed by atoms with Crippen molar-refractivity contribution in [2.45, 2.75) is 6.92 Å². The van der Waals surface area contributed by atoms with Crippen LogP contribution in [-0.2, 0) is 0 Å². The first-order valence-electron chi connectivity index (χ1n) is 5.47. The van der Waals surface area contributed by atoms with E-state index in [1.807, 2.05) is 6.20 Å². The van der Waals surface area contributed by atoms with Crippen molar-refractivity contribution >= 4 is 11.3 Å². The third-order valence-electron chi connectivity index (χ3n) is 2.73. The SMILES string of the molecule is Cc1ccc(-c2cnc(-c3ccsc3)[nH]2)cc1. The largest absolute Gasteiger partial charge is 0.338 e. The van der Waals surface area contributed by atoms with E-state index in [1.54, 1.807) is 11.3 Å². The Kier molecular flexibility index (Phi) is 2.53. The Bertz CT molecular complexity index is 606. The van der Waals surface area contributed by atoms with Gasteiger partial charge in [0.05, 0.1) is 11.9 Å². The summed E-state index contributed by atoms with van der Waals surface area (Å²) >= 11 is 1.68. The van der Waals surface area contributed by atoms with Gasteiger partial charge in [-0.15, -0.1) is 0 Å². The van der Waals surface area contributed by atoms with Crippen LogP contribution >= 0.6 is 11.3 Å². The fourth-order valence-electron chi connectivity index (χ4n) is 1.75. The Morgan fingerprint density at radius 3 is 2.59 bits per heavy atom. The zero-order valence-corrected chi connectivity index (χ0v) is 10.3. The Labute approximate surface area is 104 Å². The van der Waals surface area contributed by atoms with Crippen molar-refractivity contribution in [3.63, 3.8) is 0 Å². The molecule has 0 spiro atoms. The first-order valence-corrected chi connectivity index (χ1v) is 6.42. The maximum absolute atomic E-state index is 4.41. The topological polar surface area (TPSA) is 28.7 Å². The second-order valence-electron chi connectivity index (χ2n) is 4.02. The molecule has 0 aliphatic rings. The number of H-pyrrole nitrogens is 1. The molecule has 0 amide bonds. The van der Waals surface area contributed by atoms with E-state index in [2.05, 4.69) is 58.0 Å². The summed E-state index contributed by atoms with van der Waals surface area (Å²) in [4.78, 5) is 7.76. The van der Waals surface area contributed by atoms with Crippen LogP contribution in [0, 0.1) is 6.92 Å². The summed E-state index contributed by atoms with van der Waals surface area (Å²) in [5.74, 6) is 0.932. The van der Waals surface area contributed by atoms with Gasteiger partial charge in [-0.1, -0.05) is 29.8 Å². The number of aromatic amines is 1. The summed E-state index contributed by atoms with van der Waals surface area (Å²) in [6.45, 7) is 2.09. The predicted molar refractivity (Wildman–Crippen MR) is 72.1 cm³/mol. The van der Waals surface area contributed by atoms with Crippen molar-refractivity contribution < 1.29 is 0 Å². The van der Waals surface area contributed by atoms with Crippen LogP contribution in [0.4, 0.5) is 0 Å². The average Bonchev–Trinajstić information content (AvgIpc) is 3.00. The zero-order chi connectivity index (χ0) is 11.7. The van der Waals surface area contributed by atoms with Gasteiger partial charge in [0.15, 0.2) is 0 Å². The van der Waals surface area contributed by atoms with E-state index >= 15 is 0 Å². The third-order valence-corrected chi connectivity index (χ3v) is 3.42. The summed E-state index contributed by atoms with van der Waals surface area (Å²) in [6.07, 6.45) is 1.89. The number of imidazole rings is 1. The number of hydrogen-bond donors (Lipinski definition) is 1. The van der Waals surface area contributed by atoms with Gasteiger partial charge in [-0.3, -0.25) is 0 Å². The molecule has 17 heavy (non-hydrogen) atoms. The first-order chi connectivity index (χ1) is 8.33. The van der Waals surface area contributed by atoms with Gasteiger partial charge in [0, 0.05) is 10.9 Å². The number of nitrogens with zero attached hydrogens (tertiary/aromatic N) is 1. The summed E-state index contributed by atoms with van der Waals surface area (Å²) in [5.41, 5.74) is 4.65.